The van der Waals surface area contributed by atoms with Gasteiger partial charge in [0.15, 0.2) is 5.16 Å². The summed E-state index contributed by atoms with van der Waals surface area (Å²) in [5, 5.41) is 9.72. The third kappa shape index (κ3) is 5.58. The lowest BCUT2D eigenvalue weighted by Gasteiger charge is -2.36. The Morgan fingerprint density at radius 1 is 0.971 bits per heavy atom. The predicted octanol–water partition coefficient (Wildman–Crippen LogP) is 3.36. The van der Waals surface area contributed by atoms with Crippen molar-refractivity contribution < 1.29 is 13.9 Å². The average Bonchev–Trinajstić information content (AvgIpc) is 3.58. The van der Waals surface area contributed by atoms with E-state index in [1.807, 2.05) is 29.2 Å². The zero-order valence-corrected chi connectivity index (χ0v) is 21.0. The summed E-state index contributed by atoms with van der Waals surface area (Å²) in [7, 11) is 1.67. The first-order valence-electron chi connectivity index (χ1n) is 12.2. The molecule has 0 N–H and O–H groups in total. The number of thioether (sulfide) groups is 1. The summed E-state index contributed by atoms with van der Waals surface area (Å²) < 4.78 is 12.9. The van der Waals surface area contributed by atoms with Gasteiger partial charge in [-0.25, -0.2) is 0 Å². The van der Waals surface area contributed by atoms with Crippen LogP contribution in [0.5, 0.6) is 5.75 Å². The summed E-state index contributed by atoms with van der Waals surface area (Å²) in [4.78, 5) is 19.6. The number of aromatic nitrogens is 3. The molecule has 2 saturated heterocycles. The zero-order chi connectivity index (χ0) is 24.0. The van der Waals surface area contributed by atoms with Crippen LogP contribution in [0.2, 0.25) is 0 Å². The number of methoxy groups -OCH3 is 1. The topological polar surface area (TPSA) is 79.9 Å². The van der Waals surface area contributed by atoms with Crippen LogP contribution in [0.4, 0.5) is 11.6 Å². The highest BCUT2D eigenvalue weighted by atomic mass is 32.2. The number of anilines is 2. The lowest BCUT2D eigenvalue weighted by Crippen LogP contribution is -2.49. The van der Waals surface area contributed by atoms with Crippen molar-refractivity contribution in [1.82, 2.24) is 19.7 Å². The fraction of sp³-hybridized carbons (Fsp3) is 0.480. The van der Waals surface area contributed by atoms with Gasteiger partial charge in [0, 0.05) is 45.0 Å². The molecule has 186 valence electrons. The van der Waals surface area contributed by atoms with Crippen molar-refractivity contribution in [2.24, 2.45) is 0 Å². The van der Waals surface area contributed by atoms with E-state index in [2.05, 4.69) is 36.7 Å². The number of piperidine rings is 1. The standard InChI is InChI=1S/C25H32N6O3S/c1-33-21-9-7-20(8-10-21)28-13-15-29(16-14-28)23(32)19-35-25-27-26-24(30-11-3-2-4-12-30)31(25)18-22-6-5-17-34-22/h5-10,17H,2-4,11-16,18-19H2,1H3. The number of nitrogens with zero attached hydrogens (tertiary/aromatic N) is 6. The molecule has 10 heteroatoms. The molecule has 3 aromatic rings. The van der Waals surface area contributed by atoms with Gasteiger partial charge in [-0.15, -0.1) is 10.2 Å². The maximum Gasteiger partial charge on any atom is 0.233 e. The Kier molecular flexibility index (Phi) is 7.46. The first kappa shape index (κ1) is 23.6. The van der Waals surface area contributed by atoms with Crippen molar-refractivity contribution in [3.8, 4) is 5.75 Å². The Balaban J connectivity index is 1.19. The molecule has 0 atom stereocenters. The van der Waals surface area contributed by atoms with Crippen LogP contribution in [-0.4, -0.2) is 77.7 Å². The van der Waals surface area contributed by atoms with Crippen LogP contribution in [0.1, 0.15) is 25.0 Å². The lowest BCUT2D eigenvalue weighted by molar-refractivity contribution is -0.128. The number of hydrogen-bond acceptors (Lipinski definition) is 8. The minimum Gasteiger partial charge on any atom is -0.497 e. The normalized spacial score (nSPS) is 16.5. The quantitative estimate of drug-likeness (QED) is 0.439. The Morgan fingerprint density at radius 3 is 2.43 bits per heavy atom. The molecule has 2 aliphatic rings. The monoisotopic (exact) mass is 496 g/mol. The maximum atomic E-state index is 13.0. The molecular formula is C25H32N6O3S. The molecular weight excluding hydrogens is 464 g/mol. The number of amides is 1. The van der Waals surface area contributed by atoms with Crippen LogP contribution in [0.15, 0.2) is 52.2 Å². The minimum atomic E-state index is 0.136. The average molecular weight is 497 g/mol. The van der Waals surface area contributed by atoms with Crippen LogP contribution in [0.3, 0.4) is 0 Å². The second-order valence-electron chi connectivity index (χ2n) is 8.85. The minimum absolute atomic E-state index is 0.136. The van der Waals surface area contributed by atoms with Gasteiger partial charge in [0.1, 0.15) is 11.5 Å². The molecule has 0 saturated carbocycles. The summed E-state index contributed by atoms with van der Waals surface area (Å²) in [5.74, 6) is 3.05. The molecule has 1 amide bonds. The second kappa shape index (κ2) is 11.1. The fourth-order valence-corrected chi connectivity index (χ4v) is 5.47. The molecule has 0 spiro atoms. The van der Waals surface area contributed by atoms with Crippen molar-refractivity contribution in [3.63, 3.8) is 0 Å². The van der Waals surface area contributed by atoms with Crippen LogP contribution in [-0.2, 0) is 11.3 Å². The number of ether oxygens (including phenoxy) is 1. The van der Waals surface area contributed by atoms with E-state index in [0.29, 0.717) is 25.4 Å². The molecule has 2 fully saturated rings. The maximum absolute atomic E-state index is 13.0. The largest absolute Gasteiger partial charge is 0.497 e. The van der Waals surface area contributed by atoms with Gasteiger partial charge in [0.25, 0.3) is 0 Å². The van der Waals surface area contributed by atoms with Crippen LogP contribution in [0, 0.1) is 0 Å². The van der Waals surface area contributed by atoms with Gasteiger partial charge >= 0.3 is 0 Å². The molecule has 35 heavy (non-hydrogen) atoms. The van der Waals surface area contributed by atoms with Gasteiger partial charge in [-0.1, -0.05) is 11.8 Å². The van der Waals surface area contributed by atoms with E-state index >= 15 is 0 Å². The van der Waals surface area contributed by atoms with E-state index in [4.69, 9.17) is 9.15 Å². The number of furan rings is 1. The third-order valence-electron chi connectivity index (χ3n) is 6.62. The molecule has 2 aromatic heterocycles. The molecule has 9 nitrogen and oxygen atoms in total. The lowest BCUT2D eigenvalue weighted by atomic mass is 10.1. The van der Waals surface area contributed by atoms with Gasteiger partial charge < -0.3 is 23.9 Å². The highest BCUT2D eigenvalue weighted by Crippen LogP contribution is 2.26. The van der Waals surface area contributed by atoms with Crippen LogP contribution in [0.25, 0.3) is 0 Å². The molecule has 0 bridgehead atoms. The summed E-state index contributed by atoms with van der Waals surface area (Å²) in [6, 6.07) is 11.9. The number of carbonyl (C=O) groups is 1. The fourth-order valence-electron chi connectivity index (χ4n) is 4.64. The van der Waals surface area contributed by atoms with E-state index in [-0.39, 0.29) is 5.91 Å². The molecule has 5 rings (SSSR count). The van der Waals surface area contributed by atoms with Gasteiger partial charge in [-0.3, -0.25) is 9.36 Å². The smallest absolute Gasteiger partial charge is 0.233 e. The highest BCUT2D eigenvalue weighted by Gasteiger charge is 2.24. The van der Waals surface area contributed by atoms with Gasteiger partial charge in [-0.05, 0) is 55.7 Å². The molecule has 0 unspecified atom stereocenters. The molecule has 0 aliphatic carbocycles. The van der Waals surface area contributed by atoms with E-state index in [1.54, 1.807) is 13.4 Å². The Labute approximate surface area is 210 Å². The van der Waals surface area contributed by atoms with E-state index in [9.17, 15) is 4.79 Å². The molecule has 0 radical (unpaired) electrons. The van der Waals surface area contributed by atoms with Crippen molar-refractivity contribution in [1.29, 1.82) is 0 Å². The number of carbonyl (C=O) groups excluding carboxylic acids is 1. The summed E-state index contributed by atoms with van der Waals surface area (Å²) in [6.45, 7) is 5.58. The highest BCUT2D eigenvalue weighted by molar-refractivity contribution is 7.99. The van der Waals surface area contributed by atoms with Gasteiger partial charge in [0.2, 0.25) is 11.9 Å². The van der Waals surface area contributed by atoms with Gasteiger partial charge in [-0.2, -0.15) is 0 Å². The van der Waals surface area contributed by atoms with Gasteiger partial charge in [0.05, 0.1) is 25.7 Å². The van der Waals surface area contributed by atoms with Crippen LogP contribution >= 0.6 is 11.8 Å². The first-order valence-corrected chi connectivity index (χ1v) is 13.2. The van der Waals surface area contributed by atoms with E-state index in [0.717, 1.165) is 67.3 Å². The number of hydrogen-bond donors (Lipinski definition) is 0. The second-order valence-corrected chi connectivity index (χ2v) is 9.79. The van der Waals surface area contributed by atoms with Crippen LogP contribution < -0.4 is 14.5 Å². The Morgan fingerprint density at radius 2 is 1.74 bits per heavy atom. The van der Waals surface area contributed by atoms with Crippen molar-refractivity contribution in [2.75, 3.05) is 61.9 Å². The number of rotatable bonds is 8. The molecule has 4 heterocycles. The Hall–Kier alpha value is -3.14. The summed E-state index contributed by atoms with van der Waals surface area (Å²) in [5.41, 5.74) is 1.16. The van der Waals surface area contributed by atoms with E-state index in [1.165, 1.54) is 18.2 Å². The first-order chi connectivity index (χ1) is 17.2. The van der Waals surface area contributed by atoms with Crippen molar-refractivity contribution >= 4 is 29.3 Å². The molecule has 2 aliphatic heterocycles. The zero-order valence-electron chi connectivity index (χ0n) is 20.1. The molecule has 1 aromatic carbocycles. The number of piperazine rings is 1. The predicted molar refractivity (Wildman–Crippen MR) is 136 cm³/mol. The van der Waals surface area contributed by atoms with E-state index < -0.39 is 0 Å². The van der Waals surface area contributed by atoms with Crippen molar-refractivity contribution in [3.05, 3.63) is 48.4 Å². The summed E-state index contributed by atoms with van der Waals surface area (Å²) in [6.07, 6.45) is 5.26. The summed E-state index contributed by atoms with van der Waals surface area (Å²) >= 11 is 1.46. The third-order valence-corrected chi connectivity index (χ3v) is 7.58. The van der Waals surface area contributed by atoms with Crippen molar-refractivity contribution in [2.45, 2.75) is 31.0 Å². The number of benzene rings is 1. The Bertz CT molecular complexity index is 1090. The SMILES string of the molecule is COc1ccc(N2CCN(C(=O)CSc3nnc(N4CCCCC4)n3Cc3ccco3)CC2)cc1.